The van der Waals surface area contributed by atoms with Crippen molar-refractivity contribution in [1.29, 1.82) is 0 Å². The first kappa shape index (κ1) is 27.3. The smallest absolute Gasteiger partial charge is 0.260 e. The number of hydrogen-bond donors (Lipinski definition) is 2. The summed E-state index contributed by atoms with van der Waals surface area (Å²) < 4.78 is 6.16. The van der Waals surface area contributed by atoms with Crippen molar-refractivity contribution in [2.45, 2.75) is 53.1 Å². The van der Waals surface area contributed by atoms with E-state index in [4.69, 9.17) is 14.7 Å². The molecular weight excluding hydrogens is 490 g/mol. The lowest BCUT2D eigenvalue weighted by Gasteiger charge is -2.38. The van der Waals surface area contributed by atoms with Gasteiger partial charge in [-0.05, 0) is 67.3 Å². The van der Waals surface area contributed by atoms with Gasteiger partial charge in [0.15, 0.2) is 5.82 Å². The second kappa shape index (κ2) is 11.9. The number of para-hydroxylation sites is 1. The van der Waals surface area contributed by atoms with E-state index >= 15 is 0 Å². The molecule has 1 saturated carbocycles. The SMILES string of the molecule is Cc1ccc2c(N3CCN(NC(=O)COC4CC(C)CCC4C(C)C)CC3)nc(-c3ccccc3O)nc2c1.[HH]. The molecule has 39 heavy (non-hydrogen) atoms. The van der Waals surface area contributed by atoms with Crippen molar-refractivity contribution in [3.63, 3.8) is 0 Å². The van der Waals surface area contributed by atoms with E-state index < -0.39 is 0 Å². The topological polar surface area (TPSA) is 90.8 Å². The minimum absolute atomic E-state index is 0. The Bertz CT molecular complexity index is 1310. The van der Waals surface area contributed by atoms with Crippen molar-refractivity contribution < 1.29 is 16.1 Å². The molecule has 2 N–H and O–H groups in total. The average molecular weight is 534 g/mol. The number of ether oxygens (including phenoxy) is 1. The third kappa shape index (κ3) is 6.34. The van der Waals surface area contributed by atoms with Crippen LogP contribution in [0.5, 0.6) is 5.75 Å². The first-order valence-electron chi connectivity index (χ1n) is 14.3. The van der Waals surface area contributed by atoms with Gasteiger partial charge in [-0.25, -0.2) is 15.0 Å². The predicted molar refractivity (Wildman–Crippen MR) is 157 cm³/mol. The van der Waals surface area contributed by atoms with E-state index in [0.717, 1.165) is 28.7 Å². The zero-order valence-electron chi connectivity index (χ0n) is 23.6. The number of anilines is 1. The van der Waals surface area contributed by atoms with Gasteiger partial charge in [0.25, 0.3) is 5.91 Å². The van der Waals surface area contributed by atoms with Gasteiger partial charge in [-0.1, -0.05) is 45.4 Å². The zero-order valence-corrected chi connectivity index (χ0v) is 23.6. The van der Waals surface area contributed by atoms with Gasteiger partial charge in [0, 0.05) is 33.0 Å². The number of hydrazine groups is 1. The van der Waals surface area contributed by atoms with Crippen LogP contribution in [0.2, 0.25) is 0 Å². The van der Waals surface area contributed by atoms with Gasteiger partial charge in [-0.2, -0.15) is 0 Å². The standard InChI is InChI=1S/C31H41N5O3.H2/c1-20(2)23-11-9-22(4)18-28(23)39-19-29(38)34-36-15-13-35(14-16-36)31-24-12-10-21(3)17-26(24)32-30(33-31)25-7-5-6-8-27(25)37;/h5-8,10,12,17,20,22-23,28,37H,9,11,13-16,18-19H2,1-4H3,(H,34,38);1H. The summed E-state index contributed by atoms with van der Waals surface area (Å²) in [5, 5.41) is 13.4. The number of carbonyl (C=O) groups excluding carboxylic acids is 1. The van der Waals surface area contributed by atoms with E-state index in [9.17, 15) is 9.90 Å². The van der Waals surface area contributed by atoms with Crippen LogP contribution in [0.15, 0.2) is 42.5 Å². The molecule has 3 aromatic rings. The van der Waals surface area contributed by atoms with Crippen molar-refractivity contribution in [1.82, 2.24) is 20.4 Å². The molecule has 1 aliphatic carbocycles. The lowest BCUT2D eigenvalue weighted by molar-refractivity contribution is -0.136. The van der Waals surface area contributed by atoms with E-state index in [1.807, 2.05) is 24.1 Å². The van der Waals surface area contributed by atoms with Crippen molar-refractivity contribution >= 4 is 22.6 Å². The summed E-state index contributed by atoms with van der Waals surface area (Å²) in [6.45, 7) is 11.7. The van der Waals surface area contributed by atoms with Crippen LogP contribution in [-0.2, 0) is 9.53 Å². The molecule has 2 fully saturated rings. The highest BCUT2D eigenvalue weighted by molar-refractivity contribution is 5.92. The van der Waals surface area contributed by atoms with Gasteiger partial charge in [0.1, 0.15) is 18.2 Å². The monoisotopic (exact) mass is 533 g/mol. The number of aromatic hydroxyl groups is 1. The number of amides is 1. The first-order valence-corrected chi connectivity index (χ1v) is 14.3. The molecule has 2 aliphatic rings. The fraction of sp³-hybridized carbons (Fsp3) is 0.516. The molecule has 1 amide bonds. The van der Waals surface area contributed by atoms with E-state index in [1.165, 1.54) is 12.8 Å². The molecule has 2 aromatic carbocycles. The lowest BCUT2D eigenvalue weighted by atomic mass is 9.75. The Morgan fingerprint density at radius 2 is 1.90 bits per heavy atom. The number of nitrogens with one attached hydrogen (secondary N) is 1. The number of aromatic nitrogens is 2. The molecule has 0 radical (unpaired) electrons. The normalized spacial score (nSPS) is 22.4. The summed E-state index contributed by atoms with van der Waals surface area (Å²) >= 11 is 0. The fourth-order valence-electron chi connectivity index (χ4n) is 5.97. The number of piperazine rings is 1. The maximum absolute atomic E-state index is 12.8. The van der Waals surface area contributed by atoms with Crippen molar-refractivity contribution in [3.05, 3.63) is 48.0 Å². The molecular formula is C31H43N5O3. The fourth-order valence-corrected chi connectivity index (χ4v) is 5.97. The van der Waals surface area contributed by atoms with Gasteiger partial charge in [0.2, 0.25) is 0 Å². The van der Waals surface area contributed by atoms with Crippen LogP contribution in [0.4, 0.5) is 5.82 Å². The van der Waals surface area contributed by atoms with E-state index in [2.05, 4.69) is 49.3 Å². The third-order valence-electron chi connectivity index (χ3n) is 8.23. The van der Waals surface area contributed by atoms with Gasteiger partial charge >= 0.3 is 0 Å². The van der Waals surface area contributed by atoms with E-state index in [1.54, 1.807) is 12.1 Å². The molecule has 1 aliphatic heterocycles. The quantitative estimate of drug-likeness (QED) is 0.432. The van der Waals surface area contributed by atoms with Crippen LogP contribution >= 0.6 is 0 Å². The summed E-state index contributed by atoms with van der Waals surface area (Å²) in [6.07, 6.45) is 3.61. The van der Waals surface area contributed by atoms with Crippen molar-refractivity contribution in [2.24, 2.45) is 17.8 Å². The Morgan fingerprint density at radius 3 is 2.64 bits per heavy atom. The zero-order chi connectivity index (χ0) is 27.5. The number of fused-ring (bicyclic) bond motifs is 1. The highest BCUT2D eigenvalue weighted by atomic mass is 16.5. The summed E-state index contributed by atoms with van der Waals surface area (Å²) in [4.78, 5) is 24.7. The van der Waals surface area contributed by atoms with Crippen LogP contribution in [-0.4, -0.2) is 64.9 Å². The Kier molecular flexibility index (Phi) is 8.33. The maximum Gasteiger partial charge on any atom is 0.260 e. The van der Waals surface area contributed by atoms with Crippen LogP contribution in [0.1, 0.15) is 47.0 Å². The molecule has 210 valence electrons. The van der Waals surface area contributed by atoms with Crippen LogP contribution in [0, 0.1) is 24.7 Å². The average Bonchev–Trinajstić information content (AvgIpc) is 2.91. The summed E-state index contributed by atoms with van der Waals surface area (Å²) in [6, 6.07) is 13.4. The molecule has 3 atom stereocenters. The Hall–Kier alpha value is -3.23. The molecule has 5 rings (SSSR count). The minimum atomic E-state index is -0.0889. The Morgan fingerprint density at radius 1 is 1.13 bits per heavy atom. The lowest BCUT2D eigenvalue weighted by Crippen LogP contribution is -2.54. The second-order valence-electron chi connectivity index (χ2n) is 11.6. The van der Waals surface area contributed by atoms with Crippen LogP contribution < -0.4 is 10.3 Å². The summed E-state index contributed by atoms with van der Waals surface area (Å²) in [7, 11) is 0. The Balaban J connectivity index is 0.00000370. The number of carbonyl (C=O) groups is 1. The van der Waals surface area contributed by atoms with Gasteiger partial charge in [-0.3, -0.25) is 10.2 Å². The third-order valence-corrected chi connectivity index (χ3v) is 8.23. The van der Waals surface area contributed by atoms with Gasteiger partial charge in [-0.15, -0.1) is 0 Å². The number of hydrogen-bond acceptors (Lipinski definition) is 7. The highest BCUT2D eigenvalue weighted by Gasteiger charge is 2.32. The van der Waals surface area contributed by atoms with Crippen molar-refractivity contribution in [3.8, 4) is 17.1 Å². The second-order valence-corrected chi connectivity index (χ2v) is 11.6. The number of benzene rings is 2. The van der Waals surface area contributed by atoms with Crippen molar-refractivity contribution in [2.75, 3.05) is 37.7 Å². The van der Waals surface area contributed by atoms with Crippen LogP contribution in [0.3, 0.4) is 0 Å². The van der Waals surface area contributed by atoms with Gasteiger partial charge < -0.3 is 14.7 Å². The molecule has 0 bridgehead atoms. The van der Waals surface area contributed by atoms with E-state index in [0.29, 0.717) is 55.3 Å². The number of aryl methyl sites for hydroxylation is 1. The van der Waals surface area contributed by atoms with Gasteiger partial charge in [0.05, 0.1) is 17.2 Å². The van der Waals surface area contributed by atoms with E-state index in [-0.39, 0.29) is 25.8 Å². The number of nitrogens with zero attached hydrogens (tertiary/aromatic N) is 4. The van der Waals surface area contributed by atoms with Crippen LogP contribution in [0.25, 0.3) is 22.3 Å². The Labute approximate surface area is 232 Å². The summed E-state index contributed by atoms with van der Waals surface area (Å²) in [5.74, 6) is 3.15. The largest absolute Gasteiger partial charge is 0.507 e. The number of phenols is 1. The molecule has 2 heterocycles. The molecule has 0 spiro atoms. The molecule has 1 aromatic heterocycles. The predicted octanol–water partition coefficient (Wildman–Crippen LogP) is 5.19. The highest BCUT2D eigenvalue weighted by Crippen LogP contribution is 2.35. The maximum atomic E-state index is 12.8. The molecule has 1 saturated heterocycles. The molecule has 8 heteroatoms. The first-order chi connectivity index (χ1) is 18.8. The summed E-state index contributed by atoms with van der Waals surface area (Å²) in [5.41, 5.74) is 5.63. The number of rotatable bonds is 7. The number of phenolic OH excluding ortho intramolecular Hbond substituents is 1. The molecule has 8 nitrogen and oxygen atoms in total. The minimum Gasteiger partial charge on any atom is -0.507 e. The molecule has 3 unspecified atom stereocenters.